The van der Waals surface area contributed by atoms with Gasteiger partial charge in [-0.2, -0.15) is 0 Å². The summed E-state index contributed by atoms with van der Waals surface area (Å²) in [5, 5.41) is 2.99. The fraction of sp³-hybridized carbons (Fsp3) is 0.923. The highest BCUT2D eigenvalue weighted by molar-refractivity contribution is 6.45. The minimum Gasteiger partial charge on any atom is -0.403 e. The predicted octanol–water partition coefficient (Wildman–Crippen LogP) is 2.14. The van der Waals surface area contributed by atoms with Gasteiger partial charge in [0.15, 0.2) is 0 Å². The second-order valence-corrected chi connectivity index (χ2v) is 6.42. The fourth-order valence-corrected chi connectivity index (χ4v) is 2.04. The van der Waals surface area contributed by atoms with Gasteiger partial charge in [0.05, 0.1) is 11.2 Å². The van der Waals surface area contributed by atoms with E-state index in [1.807, 2.05) is 27.7 Å². The topological polar surface area (TPSA) is 47.6 Å². The van der Waals surface area contributed by atoms with Crippen LogP contribution in [0.15, 0.2) is 0 Å². The van der Waals surface area contributed by atoms with Crippen molar-refractivity contribution in [1.82, 2.24) is 5.32 Å². The smallest absolute Gasteiger partial charge is 0.403 e. The number of carbonyl (C=O) groups is 1. The number of nitrogens with one attached hydrogen (secondary N) is 1. The van der Waals surface area contributed by atoms with Crippen LogP contribution in [0.3, 0.4) is 0 Å². The van der Waals surface area contributed by atoms with Gasteiger partial charge in [-0.25, -0.2) is 0 Å². The Kier molecular flexibility index (Phi) is 3.74. The van der Waals surface area contributed by atoms with Crippen molar-refractivity contribution in [2.45, 2.75) is 76.9 Å². The summed E-state index contributed by atoms with van der Waals surface area (Å²) in [4.78, 5) is 11.5. The van der Waals surface area contributed by atoms with Gasteiger partial charge in [0, 0.05) is 12.5 Å². The molecule has 4 nitrogen and oxygen atoms in total. The lowest BCUT2D eigenvalue weighted by Crippen LogP contribution is -2.41. The van der Waals surface area contributed by atoms with Gasteiger partial charge in [0.2, 0.25) is 5.91 Å². The van der Waals surface area contributed by atoms with Crippen molar-refractivity contribution in [3.05, 3.63) is 0 Å². The number of hydrogen-bond donors (Lipinski definition) is 1. The molecule has 0 bridgehead atoms. The SMILES string of the molecule is CC1(C)OB(CCCC(=O)NC2CC2)OC1(C)C. The van der Waals surface area contributed by atoms with E-state index in [-0.39, 0.29) is 24.2 Å². The van der Waals surface area contributed by atoms with Crippen LogP contribution in [0.5, 0.6) is 0 Å². The highest BCUT2D eigenvalue weighted by Crippen LogP contribution is 2.38. The van der Waals surface area contributed by atoms with Gasteiger partial charge in [0.1, 0.15) is 0 Å². The molecule has 2 fully saturated rings. The Bertz CT molecular complexity index is 310. The van der Waals surface area contributed by atoms with E-state index in [9.17, 15) is 4.79 Å². The molecule has 1 aliphatic heterocycles. The standard InChI is InChI=1S/C13H24BNO3/c1-12(2)13(3,4)18-14(17-12)9-5-6-11(16)15-10-7-8-10/h10H,5-9H2,1-4H3,(H,15,16). The Morgan fingerprint density at radius 1 is 1.22 bits per heavy atom. The van der Waals surface area contributed by atoms with Gasteiger partial charge < -0.3 is 14.6 Å². The van der Waals surface area contributed by atoms with Crippen LogP contribution in [0.2, 0.25) is 6.32 Å². The Hall–Kier alpha value is -0.545. The molecule has 0 aromatic rings. The maximum absolute atomic E-state index is 11.5. The summed E-state index contributed by atoms with van der Waals surface area (Å²) in [7, 11) is -0.177. The molecule has 0 aromatic carbocycles. The van der Waals surface area contributed by atoms with E-state index in [0.29, 0.717) is 12.5 Å². The summed E-state index contributed by atoms with van der Waals surface area (Å²) in [6, 6.07) is 0.453. The first-order chi connectivity index (χ1) is 8.30. The third-order valence-electron chi connectivity index (χ3n) is 4.09. The molecule has 1 heterocycles. The van der Waals surface area contributed by atoms with Crippen molar-refractivity contribution < 1.29 is 14.1 Å². The van der Waals surface area contributed by atoms with Crippen molar-refractivity contribution >= 4 is 13.0 Å². The lowest BCUT2D eigenvalue weighted by Gasteiger charge is -2.32. The van der Waals surface area contributed by atoms with Crippen LogP contribution in [-0.2, 0) is 14.1 Å². The maximum atomic E-state index is 11.5. The van der Waals surface area contributed by atoms with Gasteiger partial charge in [-0.1, -0.05) is 0 Å². The quantitative estimate of drug-likeness (QED) is 0.763. The zero-order chi connectivity index (χ0) is 13.4. The second kappa shape index (κ2) is 4.85. The molecule has 0 radical (unpaired) electrons. The Morgan fingerprint density at radius 3 is 2.28 bits per heavy atom. The van der Waals surface area contributed by atoms with E-state index >= 15 is 0 Å². The minimum atomic E-state index is -0.270. The Balaban J connectivity index is 1.67. The van der Waals surface area contributed by atoms with E-state index < -0.39 is 0 Å². The molecule has 2 rings (SSSR count). The maximum Gasteiger partial charge on any atom is 0.457 e. The third-order valence-corrected chi connectivity index (χ3v) is 4.09. The molecular weight excluding hydrogens is 229 g/mol. The molecule has 2 aliphatic rings. The third kappa shape index (κ3) is 3.26. The molecule has 102 valence electrons. The van der Waals surface area contributed by atoms with Crippen LogP contribution < -0.4 is 5.32 Å². The van der Waals surface area contributed by atoms with Crippen LogP contribution in [0.1, 0.15) is 53.4 Å². The highest BCUT2D eigenvalue weighted by Gasteiger charge is 2.50. The van der Waals surface area contributed by atoms with Gasteiger partial charge in [0.25, 0.3) is 0 Å². The van der Waals surface area contributed by atoms with Crippen LogP contribution >= 0.6 is 0 Å². The molecule has 1 amide bonds. The van der Waals surface area contributed by atoms with Gasteiger partial charge in [-0.15, -0.1) is 0 Å². The first kappa shape index (κ1) is 13.9. The molecule has 1 aliphatic carbocycles. The van der Waals surface area contributed by atoms with Gasteiger partial charge in [-0.3, -0.25) is 4.79 Å². The normalized spacial score (nSPS) is 25.2. The summed E-state index contributed by atoms with van der Waals surface area (Å²) in [6.45, 7) is 8.19. The molecule has 0 unspecified atom stereocenters. The fourth-order valence-electron chi connectivity index (χ4n) is 2.04. The van der Waals surface area contributed by atoms with E-state index in [4.69, 9.17) is 9.31 Å². The largest absolute Gasteiger partial charge is 0.457 e. The van der Waals surface area contributed by atoms with Crippen LogP contribution in [0, 0.1) is 0 Å². The lowest BCUT2D eigenvalue weighted by atomic mass is 9.82. The van der Waals surface area contributed by atoms with E-state index in [1.165, 1.54) is 0 Å². The van der Waals surface area contributed by atoms with Crippen LogP contribution in [-0.4, -0.2) is 30.3 Å². The number of rotatable bonds is 5. The lowest BCUT2D eigenvalue weighted by molar-refractivity contribution is -0.121. The highest BCUT2D eigenvalue weighted by atomic mass is 16.7. The predicted molar refractivity (Wildman–Crippen MR) is 71.3 cm³/mol. The summed E-state index contributed by atoms with van der Waals surface area (Å²) in [6.07, 6.45) is 4.45. The molecule has 0 spiro atoms. The molecule has 5 heteroatoms. The van der Waals surface area contributed by atoms with Crippen LogP contribution in [0.4, 0.5) is 0 Å². The van der Waals surface area contributed by atoms with Gasteiger partial charge in [-0.05, 0) is 53.3 Å². The summed E-state index contributed by atoms with van der Waals surface area (Å²) < 4.78 is 11.8. The molecule has 18 heavy (non-hydrogen) atoms. The average molecular weight is 253 g/mol. The van der Waals surface area contributed by atoms with Crippen molar-refractivity contribution in [1.29, 1.82) is 0 Å². The van der Waals surface area contributed by atoms with Crippen molar-refractivity contribution in [3.63, 3.8) is 0 Å². The monoisotopic (exact) mass is 253 g/mol. The average Bonchev–Trinajstić information content (AvgIpc) is 2.95. The number of hydrogen-bond acceptors (Lipinski definition) is 3. The second-order valence-electron chi connectivity index (χ2n) is 6.42. The summed E-state index contributed by atoms with van der Waals surface area (Å²) >= 11 is 0. The zero-order valence-corrected chi connectivity index (χ0v) is 11.9. The molecule has 0 atom stereocenters. The van der Waals surface area contributed by atoms with Crippen molar-refractivity contribution in [2.75, 3.05) is 0 Å². The molecule has 1 N–H and O–H groups in total. The van der Waals surface area contributed by atoms with E-state index in [1.54, 1.807) is 0 Å². The van der Waals surface area contributed by atoms with E-state index in [0.717, 1.165) is 25.6 Å². The minimum absolute atomic E-state index is 0.161. The number of carbonyl (C=O) groups excluding carboxylic acids is 1. The first-order valence-corrected chi connectivity index (χ1v) is 6.95. The summed E-state index contributed by atoms with van der Waals surface area (Å²) in [5.41, 5.74) is -0.540. The molecule has 0 aromatic heterocycles. The van der Waals surface area contributed by atoms with Crippen molar-refractivity contribution in [3.8, 4) is 0 Å². The number of amides is 1. The van der Waals surface area contributed by atoms with Crippen LogP contribution in [0.25, 0.3) is 0 Å². The Labute approximate surface area is 110 Å². The molecule has 1 saturated carbocycles. The first-order valence-electron chi connectivity index (χ1n) is 6.95. The molecular formula is C13H24BNO3. The zero-order valence-electron chi connectivity index (χ0n) is 11.9. The Morgan fingerprint density at radius 2 is 1.78 bits per heavy atom. The summed E-state index contributed by atoms with van der Waals surface area (Å²) in [5.74, 6) is 0.161. The molecule has 1 saturated heterocycles. The van der Waals surface area contributed by atoms with Gasteiger partial charge >= 0.3 is 7.12 Å². The van der Waals surface area contributed by atoms with E-state index in [2.05, 4.69) is 5.32 Å². The van der Waals surface area contributed by atoms with Crippen molar-refractivity contribution in [2.24, 2.45) is 0 Å².